The predicted molar refractivity (Wildman–Crippen MR) is 149 cm³/mol. The summed E-state index contributed by atoms with van der Waals surface area (Å²) >= 11 is 5.89. The molecule has 0 atom stereocenters. The van der Waals surface area contributed by atoms with Gasteiger partial charge in [-0.3, -0.25) is 14.4 Å². The lowest BCUT2D eigenvalue weighted by Crippen LogP contribution is -2.35. The van der Waals surface area contributed by atoms with Crippen LogP contribution in [0.15, 0.2) is 40.9 Å². The van der Waals surface area contributed by atoms with Crippen molar-refractivity contribution in [3.8, 4) is 0 Å². The Morgan fingerprint density at radius 3 is 2.45 bits per heavy atom. The van der Waals surface area contributed by atoms with Gasteiger partial charge < -0.3 is 30.0 Å². The molecule has 3 N–H and O–H groups in total. The highest BCUT2D eigenvalue weighted by Crippen LogP contribution is 2.35. The van der Waals surface area contributed by atoms with Gasteiger partial charge in [-0.15, -0.1) is 12.4 Å². The van der Waals surface area contributed by atoms with E-state index >= 15 is 0 Å². The molecule has 204 valence electrons. The van der Waals surface area contributed by atoms with E-state index in [-0.39, 0.29) is 54.0 Å². The standard InChI is InChI=1S/C26H30ClN5O5.ClH/c1-32(2)18-8-4-15(5-9-18)25(34)31-23-19-12-17(29-22(33)14-36-3)7-10-20(19)37-24(23)26(35)30-21-11-6-16(27)13-28-21;/h6-7,10-13,15,18H,4-5,8-9,14H2,1-3H3,(H,29,33)(H,31,34)(H,28,30,35);1H/t15-,18-;. The Morgan fingerprint density at radius 2 is 1.82 bits per heavy atom. The minimum atomic E-state index is -0.581. The smallest absolute Gasteiger partial charge is 0.294 e. The minimum Gasteiger partial charge on any atom is -0.449 e. The second-order valence-electron chi connectivity index (χ2n) is 9.27. The van der Waals surface area contributed by atoms with Crippen molar-refractivity contribution in [2.24, 2.45) is 5.92 Å². The number of amides is 3. The van der Waals surface area contributed by atoms with E-state index in [9.17, 15) is 14.4 Å². The normalized spacial score (nSPS) is 17.1. The van der Waals surface area contributed by atoms with Crippen molar-refractivity contribution in [3.05, 3.63) is 47.3 Å². The van der Waals surface area contributed by atoms with Gasteiger partial charge >= 0.3 is 0 Å². The van der Waals surface area contributed by atoms with Gasteiger partial charge in [-0.05, 0) is 70.1 Å². The Morgan fingerprint density at radius 1 is 1.08 bits per heavy atom. The minimum absolute atomic E-state index is 0. The number of furan rings is 1. The second kappa shape index (κ2) is 13.1. The highest BCUT2D eigenvalue weighted by atomic mass is 35.5. The average molecular weight is 564 g/mol. The summed E-state index contributed by atoms with van der Waals surface area (Å²) in [5.41, 5.74) is 1.10. The number of methoxy groups -OCH3 is 1. The number of nitrogens with zero attached hydrogens (tertiary/aromatic N) is 2. The molecule has 1 aliphatic carbocycles. The predicted octanol–water partition coefficient (Wildman–Crippen LogP) is 4.80. The lowest BCUT2D eigenvalue weighted by molar-refractivity contribution is -0.121. The van der Waals surface area contributed by atoms with E-state index in [0.29, 0.717) is 27.7 Å². The summed E-state index contributed by atoms with van der Waals surface area (Å²) in [5, 5.41) is 9.27. The van der Waals surface area contributed by atoms with E-state index in [2.05, 4.69) is 25.8 Å². The number of anilines is 3. The van der Waals surface area contributed by atoms with E-state index in [1.807, 2.05) is 14.1 Å². The van der Waals surface area contributed by atoms with Gasteiger partial charge in [0.1, 0.15) is 23.7 Å². The van der Waals surface area contributed by atoms with E-state index in [4.69, 9.17) is 20.8 Å². The molecule has 2 aromatic heterocycles. The zero-order valence-corrected chi connectivity index (χ0v) is 22.9. The molecule has 12 heteroatoms. The van der Waals surface area contributed by atoms with Gasteiger partial charge in [0, 0.05) is 36.3 Å². The molecule has 0 unspecified atom stereocenters. The molecule has 3 aromatic rings. The molecule has 1 fully saturated rings. The van der Waals surface area contributed by atoms with Gasteiger partial charge in [0.05, 0.1) is 5.02 Å². The van der Waals surface area contributed by atoms with Crippen molar-refractivity contribution >= 4 is 69.9 Å². The molecule has 0 aliphatic heterocycles. The van der Waals surface area contributed by atoms with Crippen LogP contribution in [0.2, 0.25) is 5.02 Å². The summed E-state index contributed by atoms with van der Waals surface area (Å²) in [6.07, 6.45) is 4.75. The topological polar surface area (TPSA) is 126 Å². The Balaban J connectivity index is 0.00000400. The first-order chi connectivity index (χ1) is 17.7. The fourth-order valence-corrected chi connectivity index (χ4v) is 4.60. The van der Waals surface area contributed by atoms with Gasteiger partial charge in [-0.1, -0.05) is 11.6 Å². The van der Waals surface area contributed by atoms with Crippen molar-refractivity contribution in [2.45, 2.75) is 31.7 Å². The molecule has 3 amide bonds. The third kappa shape index (κ3) is 7.02. The SMILES string of the molecule is COCC(=O)Nc1ccc2oc(C(=O)Nc3ccc(Cl)cn3)c(NC(=O)[C@H]3CC[C@H](N(C)C)CC3)c2c1.Cl. The number of hydrogen-bond donors (Lipinski definition) is 3. The lowest BCUT2D eigenvalue weighted by atomic mass is 9.85. The van der Waals surface area contributed by atoms with Gasteiger partial charge in [-0.2, -0.15) is 0 Å². The van der Waals surface area contributed by atoms with Gasteiger partial charge in [-0.25, -0.2) is 4.98 Å². The summed E-state index contributed by atoms with van der Waals surface area (Å²) in [4.78, 5) is 44.8. The summed E-state index contributed by atoms with van der Waals surface area (Å²) in [6.45, 7) is -0.107. The Bertz CT molecular complexity index is 1290. The monoisotopic (exact) mass is 563 g/mol. The highest BCUT2D eigenvalue weighted by molar-refractivity contribution is 6.30. The zero-order chi connectivity index (χ0) is 26.5. The van der Waals surface area contributed by atoms with Crippen LogP contribution < -0.4 is 16.0 Å². The number of carbonyl (C=O) groups is 3. The van der Waals surface area contributed by atoms with Crippen LogP contribution in [-0.4, -0.2) is 61.5 Å². The Hall–Kier alpha value is -3.18. The third-order valence-corrected chi connectivity index (χ3v) is 6.69. The van der Waals surface area contributed by atoms with Crippen LogP contribution in [0, 0.1) is 5.92 Å². The van der Waals surface area contributed by atoms with Crippen LogP contribution in [0.25, 0.3) is 11.0 Å². The van der Waals surface area contributed by atoms with Crippen LogP contribution in [0.5, 0.6) is 0 Å². The molecule has 2 heterocycles. The molecular weight excluding hydrogens is 533 g/mol. The second-order valence-corrected chi connectivity index (χ2v) is 9.71. The molecule has 38 heavy (non-hydrogen) atoms. The molecule has 0 saturated heterocycles. The zero-order valence-electron chi connectivity index (χ0n) is 21.4. The van der Waals surface area contributed by atoms with Crippen LogP contribution in [-0.2, 0) is 14.3 Å². The quantitative estimate of drug-likeness (QED) is 0.359. The fourth-order valence-electron chi connectivity index (χ4n) is 4.49. The third-order valence-electron chi connectivity index (χ3n) is 6.47. The Labute approximate surface area is 231 Å². The molecule has 10 nitrogen and oxygen atoms in total. The number of nitrogens with one attached hydrogen (secondary N) is 3. The lowest BCUT2D eigenvalue weighted by Gasteiger charge is -2.31. The summed E-state index contributed by atoms with van der Waals surface area (Å²) in [6, 6.07) is 8.55. The average Bonchev–Trinajstić information content (AvgIpc) is 3.23. The molecule has 0 spiro atoms. The number of aromatic nitrogens is 1. The first-order valence-electron chi connectivity index (χ1n) is 12.0. The van der Waals surface area contributed by atoms with E-state index in [0.717, 1.165) is 25.7 Å². The van der Waals surface area contributed by atoms with Crippen LogP contribution in [0.4, 0.5) is 17.2 Å². The number of ether oxygens (including phenoxy) is 1. The number of halogens is 2. The van der Waals surface area contributed by atoms with E-state index in [1.54, 1.807) is 30.3 Å². The number of rotatable bonds is 8. The van der Waals surface area contributed by atoms with Crippen LogP contribution >= 0.6 is 24.0 Å². The molecule has 1 aromatic carbocycles. The van der Waals surface area contributed by atoms with Gasteiger partial charge in [0.15, 0.2) is 0 Å². The van der Waals surface area contributed by atoms with Crippen LogP contribution in [0.3, 0.4) is 0 Å². The van der Waals surface area contributed by atoms with E-state index in [1.165, 1.54) is 13.3 Å². The van der Waals surface area contributed by atoms with Gasteiger partial charge in [0.2, 0.25) is 17.6 Å². The fraction of sp³-hybridized carbons (Fsp3) is 0.385. The maximum absolute atomic E-state index is 13.3. The molecule has 0 bridgehead atoms. The van der Waals surface area contributed by atoms with Crippen molar-refractivity contribution in [2.75, 3.05) is 43.8 Å². The summed E-state index contributed by atoms with van der Waals surface area (Å²) in [5.74, 6) is -1.06. The van der Waals surface area contributed by atoms with E-state index < -0.39 is 5.91 Å². The molecule has 1 aliphatic rings. The number of benzene rings is 1. The van der Waals surface area contributed by atoms with Crippen molar-refractivity contribution in [1.29, 1.82) is 0 Å². The van der Waals surface area contributed by atoms with Gasteiger partial charge in [0.25, 0.3) is 5.91 Å². The van der Waals surface area contributed by atoms with Crippen molar-refractivity contribution in [3.63, 3.8) is 0 Å². The number of carbonyl (C=O) groups excluding carboxylic acids is 3. The van der Waals surface area contributed by atoms with Crippen molar-refractivity contribution < 1.29 is 23.5 Å². The Kier molecular flexibility index (Phi) is 10.1. The van der Waals surface area contributed by atoms with Crippen molar-refractivity contribution in [1.82, 2.24) is 9.88 Å². The maximum atomic E-state index is 13.3. The molecular formula is C26H31Cl2N5O5. The summed E-state index contributed by atoms with van der Waals surface area (Å²) < 4.78 is 10.7. The molecule has 0 radical (unpaired) electrons. The number of pyridine rings is 1. The largest absolute Gasteiger partial charge is 0.449 e. The van der Waals surface area contributed by atoms with Crippen LogP contribution in [0.1, 0.15) is 36.2 Å². The number of fused-ring (bicyclic) bond motifs is 1. The summed E-state index contributed by atoms with van der Waals surface area (Å²) in [7, 11) is 5.52. The molecule has 4 rings (SSSR count). The number of hydrogen-bond acceptors (Lipinski definition) is 7. The maximum Gasteiger partial charge on any atom is 0.294 e. The first kappa shape index (κ1) is 29.4. The highest BCUT2D eigenvalue weighted by Gasteiger charge is 2.30. The molecule has 1 saturated carbocycles. The first-order valence-corrected chi connectivity index (χ1v) is 12.4.